The number of rotatable bonds is 32. The van der Waals surface area contributed by atoms with Crippen LogP contribution >= 0.6 is 0 Å². The summed E-state index contributed by atoms with van der Waals surface area (Å²) in [6.45, 7) is -0.917. The quantitative estimate of drug-likeness (QED) is 0.00617. The Hall–Kier alpha value is -9.96. The van der Waals surface area contributed by atoms with Crippen LogP contribution in [0.5, 0.6) is 11.5 Å². The highest BCUT2D eigenvalue weighted by Gasteiger charge is 2.44. The van der Waals surface area contributed by atoms with Crippen molar-refractivity contribution in [3.8, 4) is 11.5 Å². The Morgan fingerprint density at radius 1 is 0.494 bits per heavy atom. The van der Waals surface area contributed by atoms with Crippen LogP contribution < -0.4 is 32.4 Å². The Morgan fingerprint density at radius 3 is 1.23 bits per heavy atom. The van der Waals surface area contributed by atoms with Crippen molar-refractivity contribution in [1.82, 2.24) is 9.80 Å². The number of hydrogen-bond donors (Lipinski definition) is 8. The molecule has 2 amide bonds. The fourth-order valence-corrected chi connectivity index (χ4v) is 7.75. The van der Waals surface area contributed by atoms with Crippen molar-refractivity contribution in [2.45, 2.75) is 108 Å². The number of carboxylic acids is 4. The number of carboxylic acid groups (broad SMARTS) is 4. The summed E-state index contributed by atoms with van der Waals surface area (Å²) in [5, 5.41) is 38.7. The Labute approximate surface area is 471 Å². The van der Waals surface area contributed by atoms with Crippen LogP contribution in [0.2, 0.25) is 0 Å². The van der Waals surface area contributed by atoms with Crippen LogP contribution in [0.4, 0.5) is 34.1 Å². The van der Waals surface area contributed by atoms with Crippen LogP contribution in [0, 0.1) is 0 Å². The van der Waals surface area contributed by atoms with E-state index < -0.39 is 103 Å². The highest BCUT2D eigenvalue weighted by molar-refractivity contribution is 5.92. The molecule has 0 bridgehead atoms. The zero-order valence-electron chi connectivity index (χ0n) is 44.3. The van der Waals surface area contributed by atoms with Crippen molar-refractivity contribution in [2.75, 3.05) is 13.1 Å². The van der Waals surface area contributed by atoms with Crippen LogP contribution in [0.25, 0.3) is 0 Å². The van der Waals surface area contributed by atoms with Crippen LogP contribution in [0.3, 0.4) is 0 Å². The lowest BCUT2D eigenvalue weighted by Crippen LogP contribution is -2.47. The third-order valence-corrected chi connectivity index (χ3v) is 11.8. The van der Waals surface area contributed by atoms with E-state index in [-0.39, 0.29) is 54.1 Å². The molecule has 29 heteroatoms. The van der Waals surface area contributed by atoms with Crippen molar-refractivity contribution < 1.29 is 100 Å². The molecule has 446 valence electrons. The van der Waals surface area contributed by atoms with Gasteiger partial charge in [-0.05, 0) is 103 Å². The van der Waals surface area contributed by atoms with E-state index in [1.165, 1.54) is 72.8 Å². The molecule has 0 aliphatic rings. The van der Waals surface area contributed by atoms with Gasteiger partial charge in [-0.1, -0.05) is 63.5 Å². The van der Waals surface area contributed by atoms with Gasteiger partial charge in [0.2, 0.25) is 0 Å². The zero-order valence-corrected chi connectivity index (χ0v) is 44.3. The monoisotopic (exact) mass is 1170 g/mol. The van der Waals surface area contributed by atoms with E-state index in [2.05, 4.69) is 14.7 Å². The minimum Gasteiger partial charge on any atom is -0.481 e. The van der Waals surface area contributed by atoms with E-state index in [4.69, 9.17) is 41.9 Å². The number of carbonyl (C=O) groups excluding carboxylic acids is 5. The molecule has 0 aliphatic carbocycles. The number of aliphatic imine (C=N–C) groups is 2. The van der Waals surface area contributed by atoms with Gasteiger partial charge in [0, 0.05) is 18.7 Å². The smallest absolute Gasteiger partial charge is 0.481 e. The lowest BCUT2D eigenvalue weighted by Gasteiger charge is -2.29. The minimum atomic E-state index is -5.59. The van der Waals surface area contributed by atoms with E-state index in [0.717, 1.165) is 35.6 Å². The Morgan fingerprint density at radius 2 is 0.867 bits per heavy atom. The van der Waals surface area contributed by atoms with E-state index >= 15 is 0 Å². The molecule has 0 heterocycles. The van der Waals surface area contributed by atoms with Crippen LogP contribution in [-0.4, -0.2) is 127 Å². The fourth-order valence-electron chi connectivity index (χ4n) is 7.75. The summed E-state index contributed by atoms with van der Waals surface area (Å²) in [6.07, 6.45) is -7.54. The molecule has 83 heavy (non-hydrogen) atoms. The van der Waals surface area contributed by atoms with Crippen molar-refractivity contribution in [1.29, 1.82) is 0 Å². The summed E-state index contributed by atoms with van der Waals surface area (Å²) >= 11 is 0. The number of guanidine groups is 2. The first kappa shape index (κ1) is 65.6. The maximum absolute atomic E-state index is 13.6. The Bertz CT molecular complexity index is 2940. The largest absolute Gasteiger partial charge is 0.491 e. The third-order valence-electron chi connectivity index (χ3n) is 11.8. The number of aliphatic carboxylic acids is 4. The summed E-state index contributed by atoms with van der Waals surface area (Å²) in [4.78, 5) is 121. The first-order chi connectivity index (χ1) is 39.3. The van der Waals surface area contributed by atoms with Crippen molar-refractivity contribution >= 4 is 77.3 Å². The third kappa shape index (κ3) is 23.0. The first-order valence-corrected chi connectivity index (χ1v) is 25.4. The summed E-state index contributed by atoms with van der Waals surface area (Å²) in [6, 6.07) is 17.7. The van der Waals surface area contributed by atoms with Crippen LogP contribution in [0.1, 0.15) is 115 Å². The second-order valence-electron chi connectivity index (χ2n) is 18.2. The van der Waals surface area contributed by atoms with Gasteiger partial charge in [0.1, 0.15) is 30.2 Å². The summed E-state index contributed by atoms with van der Waals surface area (Å²) in [5.74, 6) is -11.2. The fraction of sp³-hybridized carbons (Fsp3) is 0.352. The molecule has 4 aromatic carbocycles. The molecule has 0 saturated heterocycles. The van der Waals surface area contributed by atoms with E-state index in [1.807, 2.05) is 0 Å². The summed E-state index contributed by atoms with van der Waals surface area (Å²) < 4.78 is 65.9. The lowest BCUT2D eigenvalue weighted by atomic mass is 10.1. The van der Waals surface area contributed by atoms with Gasteiger partial charge in [-0.2, -0.15) is 13.2 Å². The zero-order chi connectivity index (χ0) is 61.2. The van der Waals surface area contributed by atoms with Gasteiger partial charge in [0.25, 0.3) is 6.29 Å². The van der Waals surface area contributed by atoms with Gasteiger partial charge >= 0.3 is 60.1 Å². The molecular formula is C54H61F3N8O18. The van der Waals surface area contributed by atoms with Crippen molar-refractivity contribution in [3.05, 3.63) is 119 Å². The molecule has 0 saturated carbocycles. The van der Waals surface area contributed by atoms with Gasteiger partial charge < -0.3 is 67.0 Å². The molecule has 3 atom stereocenters. The van der Waals surface area contributed by atoms with E-state index in [9.17, 15) is 76.7 Å². The summed E-state index contributed by atoms with van der Waals surface area (Å²) in [7, 11) is 0. The van der Waals surface area contributed by atoms with Crippen molar-refractivity contribution in [2.24, 2.45) is 32.9 Å². The number of esters is 3. The molecule has 0 radical (unpaired) electrons. The second-order valence-corrected chi connectivity index (χ2v) is 18.2. The molecular weight excluding hydrogens is 1110 g/mol. The number of nitrogens with zero attached hydrogens (tertiary/aromatic N) is 4. The predicted octanol–water partition coefficient (Wildman–Crippen LogP) is 6.87. The number of benzene rings is 4. The molecule has 4 rings (SSSR count). The van der Waals surface area contributed by atoms with Gasteiger partial charge in [-0.15, -0.1) is 0 Å². The molecule has 0 spiro atoms. The number of unbranched alkanes of at least 4 members (excludes halogenated alkanes) is 9. The molecule has 26 nitrogen and oxygen atoms in total. The SMILES string of the molecule is NC(N)=Nc1ccc(C(=O)Oc2ccc(COC(=O)N(CCCCCCCCCCCCN(C(=O)OC(OC(=O)C(F)(F)F)c3ccc(OC(=O)c4ccc(N=C(N)N)cc4)cc3)C(CC(=O)O)C(=O)O)C(CC(=O)O)C(=O)O)cc2)cc1. The number of nitrogens with two attached hydrogens (primary N) is 4. The average molecular weight is 1170 g/mol. The normalized spacial score (nSPS) is 12.0. The predicted molar refractivity (Wildman–Crippen MR) is 285 cm³/mol. The topological polar surface area (TPSA) is 416 Å². The standard InChI is InChI=1S/C54H61F3N8O18/c55-54(56,57)49(76)82-48(35-17-25-39(26-18-35)81-47(75)34-15-21-37(22-16-34)63-51(60)61)83-53(78)65(41(45(72)73)30-43(68)69)28-10-8-6-4-2-1-3-5-7-9-27-64(40(44(70)71)29-42(66)67)52(77)79-31-32-11-23-38(24-12-32)80-46(74)33-13-19-36(20-14-33)62-50(58)59/h11-26,40-41,48H,1-10,27-31H2,(H,66,67)(H,68,69)(H,70,71)(H,72,73)(H4,58,59,62)(H4,60,61,63). The van der Waals surface area contributed by atoms with Gasteiger partial charge in [0.05, 0.1) is 35.3 Å². The highest BCUT2D eigenvalue weighted by atomic mass is 19.4. The Kier molecular flexibility index (Phi) is 25.5. The number of alkyl halides is 3. The maximum atomic E-state index is 13.6. The number of hydrogen-bond acceptors (Lipinski definition) is 16. The Balaban J connectivity index is 1.26. The maximum Gasteiger partial charge on any atom is 0.491 e. The molecule has 12 N–H and O–H groups in total. The molecule has 0 aliphatic heterocycles. The molecule has 4 aromatic rings. The number of amides is 2. The van der Waals surface area contributed by atoms with Gasteiger partial charge in [-0.3, -0.25) is 19.4 Å². The van der Waals surface area contributed by atoms with Crippen molar-refractivity contribution in [3.63, 3.8) is 0 Å². The number of ether oxygens (including phenoxy) is 5. The lowest BCUT2D eigenvalue weighted by molar-refractivity contribution is -0.221. The number of carbonyl (C=O) groups is 9. The summed E-state index contributed by atoms with van der Waals surface area (Å²) in [5.41, 5.74) is 22.5. The minimum absolute atomic E-state index is 0.0462. The molecule has 0 fully saturated rings. The number of halogens is 3. The molecule has 3 unspecified atom stereocenters. The average Bonchev–Trinajstić information content (AvgIpc) is 3.48. The second kappa shape index (κ2) is 32.3. The van der Waals surface area contributed by atoms with Gasteiger partial charge in [0.15, 0.2) is 11.9 Å². The van der Waals surface area contributed by atoms with Crippen LogP contribution in [0.15, 0.2) is 107 Å². The van der Waals surface area contributed by atoms with E-state index in [0.29, 0.717) is 73.2 Å². The van der Waals surface area contributed by atoms with E-state index in [1.54, 1.807) is 0 Å². The molecule has 0 aromatic heterocycles. The highest BCUT2D eigenvalue weighted by Crippen LogP contribution is 2.29. The van der Waals surface area contributed by atoms with Gasteiger partial charge in [-0.25, -0.2) is 43.5 Å². The first-order valence-electron chi connectivity index (χ1n) is 25.4. The van der Waals surface area contributed by atoms with Crippen LogP contribution in [-0.2, 0) is 44.8 Å².